The molecule has 0 aliphatic carbocycles. The zero-order chi connectivity index (χ0) is 7.68. The highest BCUT2D eigenvalue weighted by Crippen LogP contribution is 2.33. The molecular formula is C9H10NS. The van der Waals surface area contributed by atoms with Gasteiger partial charge in [-0.05, 0) is 12.1 Å². The zero-order valence-corrected chi connectivity index (χ0v) is 7.10. The van der Waals surface area contributed by atoms with Gasteiger partial charge in [-0.2, -0.15) is 0 Å². The van der Waals surface area contributed by atoms with Crippen molar-refractivity contribution in [3.8, 4) is 0 Å². The molecule has 1 aromatic rings. The van der Waals surface area contributed by atoms with E-state index in [1.165, 1.54) is 10.6 Å². The summed E-state index contributed by atoms with van der Waals surface area (Å²) in [6, 6.07) is 8.40. The Hall–Kier alpha value is -0.630. The van der Waals surface area contributed by atoms with Gasteiger partial charge in [0.15, 0.2) is 0 Å². The van der Waals surface area contributed by atoms with Crippen LogP contribution in [0.15, 0.2) is 29.2 Å². The van der Waals surface area contributed by atoms with Crippen LogP contribution in [0.5, 0.6) is 0 Å². The lowest BCUT2D eigenvalue weighted by molar-refractivity contribution is 0.986. The average Bonchev–Trinajstić information content (AvgIpc) is 2.06. The fraction of sp³-hybridized carbons (Fsp3) is 0.222. The second-order valence-electron chi connectivity index (χ2n) is 2.58. The smallest absolute Gasteiger partial charge is 0.0505 e. The molecule has 1 radical (unpaired) electrons. The fourth-order valence-corrected chi connectivity index (χ4v) is 2.28. The molecule has 0 fully saturated rings. The molecule has 1 aliphatic heterocycles. The second-order valence-corrected chi connectivity index (χ2v) is 3.72. The van der Waals surface area contributed by atoms with E-state index in [-0.39, 0.29) is 0 Å². The molecule has 1 aliphatic rings. The van der Waals surface area contributed by atoms with Crippen molar-refractivity contribution in [1.29, 1.82) is 0 Å². The van der Waals surface area contributed by atoms with E-state index in [1.54, 1.807) is 0 Å². The molecular weight excluding hydrogens is 154 g/mol. The highest BCUT2D eigenvalue weighted by Gasteiger charge is 2.11. The maximum atomic E-state index is 3.96. The maximum Gasteiger partial charge on any atom is 0.0505 e. The summed E-state index contributed by atoms with van der Waals surface area (Å²) in [5.74, 6) is 1.15. The summed E-state index contributed by atoms with van der Waals surface area (Å²) in [6.07, 6.45) is 0. The van der Waals surface area contributed by atoms with Crippen molar-refractivity contribution in [2.45, 2.75) is 4.90 Å². The predicted octanol–water partition coefficient (Wildman–Crippen LogP) is 2.39. The molecule has 2 heteroatoms. The normalized spacial score (nSPS) is 16.3. The number of anilines is 1. The van der Waals surface area contributed by atoms with Crippen LogP contribution in [0, 0.1) is 7.05 Å². The summed E-state index contributed by atoms with van der Waals surface area (Å²) < 4.78 is 0. The summed E-state index contributed by atoms with van der Waals surface area (Å²) in [5.41, 5.74) is 1.27. The van der Waals surface area contributed by atoms with Gasteiger partial charge in [0.25, 0.3) is 0 Å². The van der Waals surface area contributed by atoms with E-state index in [0.29, 0.717) is 0 Å². The van der Waals surface area contributed by atoms with E-state index < -0.39 is 0 Å². The van der Waals surface area contributed by atoms with Crippen LogP contribution in [0.1, 0.15) is 0 Å². The third-order valence-corrected chi connectivity index (χ3v) is 2.87. The number of nitrogens with zero attached hydrogens (tertiary/aromatic N) is 1. The van der Waals surface area contributed by atoms with Crippen molar-refractivity contribution in [1.82, 2.24) is 0 Å². The van der Waals surface area contributed by atoms with Gasteiger partial charge in [0.2, 0.25) is 0 Å². The van der Waals surface area contributed by atoms with Crippen molar-refractivity contribution in [3.63, 3.8) is 0 Å². The van der Waals surface area contributed by atoms with E-state index in [1.807, 2.05) is 11.8 Å². The lowest BCUT2D eigenvalue weighted by Crippen LogP contribution is -2.21. The molecule has 0 saturated carbocycles. The van der Waals surface area contributed by atoms with E-state index >= 15 is 0 Å². The Morgan fingerprint density at radius 1 is 1.36 bits per heavy atom. The molecule has 11 heavy (non-hydrogen) atoms. The molecule has 0 unspecified atom stereocenters. The highest BCUT2D eigenvalue weighted by molar-refractivity contribution is 7.99. The second kappa shape index (κ2) is 2.78. The Morgan fingerprint density at radius 2 is 2.18 bits per heavy atom. The monoisotopic (exact) mass is 164 g/mol. The molecule has 0 saturated heterocycles. The number of rotatable bonds is 0. The fourth-order valence-electron chi connectivity index (χ4n) is 1.23. The van der Waals surface area contributed by atoms with Crippen molar-refractivity contribution < 1.29 is 0 Å². The zero-order valence-electron chi connectivity index (χ0n) is 6.29. The van der Waals surface area contributed by atoms with Gasteiger partial charge in [0.05, 0.1) is 5.69 Å². The number of benzene rings is 1. The molecule has 0 atom stereocenters. The molecule has 0 aromatic heterocycles. The number of hydrogen-bond donors (Lipinski definition) is 0. The average molecular weight is 164 g/mol. The van der Waals surface area contributed by atoms with Crippen LogP contribution in [-0.2, 0) is 0 Å². The minimum atomic E-state index is 1.06. The number of fused-ring (bicyclic) bond motifs is 1. The van der Waals surface area contributed by atoms with E-state index in [9.17, 15) is 0 Å². The van der Waals surface area contributed by atoms with Gasteiger partial charge in [0.1, 0.15) is 0 Å². The Bertz CT molecular complexity index is 259. The molecule has 57 valence electrons. The Morgan fingerprint density at radius 3 is 3.00 bits per heavy atom. The highest BCUT2D eigenvalue weighted by atomic mass is 32.2. The lowest BCUT2D eigenvalue weighted by Gasteiger charge is -2.26. The van der Waals surface area contributed by atoms with Gasteiger partial charge >= 0.3 is 0 Å². The Kier molecular flexibility index (Phi) is 1.78. The number of hydrogen-bond acceptors (Lipinski definition) is 2. The van der Waals surface area contributed by atoms with Crippen LogP contribution in [0.4, 0.5) is 5.69 Å². The topological polar surface area (TPSA) is 3.24 Å². The molecule has 0 N–H and O–H groups in total. The van der Waals surface area contributed by atoms with Gasteiger partial charge in [-0.3, -0.25) is 0 Å². The van der Waals surface area contributed by atoms with Crippen LogP contribution in [0.3, 0.4) is 0 Å². The van der Waals surface area contributed by atoms with Crippen LogP contribution in [-0.4, -0.2) is 12.3 Å². The quantitative estimate of drug-likeness (QED) is 0.579. The summed E-state index contributed by atoms with van der Waals surface area (Å²) >= 11 is 1.91. The molecule has 1 nitrogen and oxygen atoms in total. The SMILES string of the molecule is [CH2]N1CCSc2ccccc21. The lowest BCUT2D eigenvalue weighted by atomic mass is 10.3. The third kappa shape index (κ3) is 1.23. The summed E-state index contributed by atoms with van der Waals surface area (Å²) in [4.78, 5) is 3.42. The Balaban J connectivity index is 2.44. The van der Waals surface area contributed by atoms with Gasteiger partial charge < -0.3 is 4.90 Å². The van der Waals surface area contributed by atoms with E-state index in [2.05, 4.69) is 36.2 Å². The van der Waals surface area contributed by atoms with Crippen LogP contribution < -0.4 is 4.90 Å². The number of para-hydroxylation sites is 1. The molecule has 0 spiro atoms. The number of thioether (sulfide) groups is 1. The third-order valence-electron chi connectivity index (χ3n) is 1.82. The first-order valence-electron chi connectivity index (χ1n) is 3.68. The van der Waals surface area contributed by atoms with E-state index in [4.69, 9.17) is 0 Å². The van der Waals surface area contributed by atoms with E-state index in [0.717, 1.165) is 12.3 Å². The molecule has 1 aromatic carbocycles. The van der Waals surface area contributed by atoms with Crippen LogP contribution in [0.25, 0.3) is 0 Å². The minimum absolute atomic E-state index is 1.06. The van der Waals surface area contributed by atoms with Crippen molar-refractivity contribution in [2.24, 2.45) is 0 Å². The maximum absolute atomic E-state index is 3.96. The molecule has 0 bridgehead atoms. The summed E-state index contributed by atoms with van der Waals surface area (Å²) in [6.45, 7) is 1.06. The first-order chi connectivity index (χ1) is 5.38. The molecule has 0 amide bonds. The van der Waals surface area contributed by atoms with Gasteiger partial charge in [-0.25, -0.2) is 0 Å². The van der Waals surface area contributed by atoms with Gasteiger partial charge in [0, 0.05) is 24.2 Å². The largest absolute Gasteiger partial charge is 0.368 e. The Labute approximate surface area is 71.4 Å². The molecule has 1 heterocycles. The minimum Gasteiger partial charge on any atom is -0.368 e. The first-order valence-corrected chi connectivity index (χ1v) is 4.66. The van der Waals surface area contributed by atoms with Gasteiger partial charge in [-0.15, -0.1) is 11.8 Å². The van der Waals surface area contributed by atoms with Crippen molar-refractivity contribution in [3.05, 3.63) is 31.3 Å². The van der Waals surface area contributed by atoms with Gasteiger partial charge in [-0.1, -0.05) is 12.1 Å². The standard InChI is InChI=1S/C9H10NS/c1-10-6-7-11-9-5-3-2-4-8(9)10/h2-5H,1,6-7H2. The van der Waals surface area contributed by atoms with Crippen LogP contribution in [0.2, 0.25) is 0 Å². The summed E-state index contributed by atoms with van der Waals surface area (Å²) in [5, 5.41) is 0. The van der Waals surface area contributed by atoms with Crippen LogP contribution >= 0.6 is 11.8 Å². The van der Waals surface area contributed by atoms with Crippen molar-refractivity contribution in [2.75, 3.05) is 17.2 Å². The predicted molar refractivity (Wildman–Crippen MR) is 49.9 cm³/mol. The van der Waals surface area contributed by atoms with Crippen molar-refractivity contribution >= 4 is 17.4 Å². The molecule has 2 rings (SSSR count). The summed E-state index contributed by atoms with van der Waals surface area (Å²) in [7, 11) is 3.96. The first kappa shape index (κ1) is 7.04.